The third kappa shape index (κ3) is 2.52. The van der Waals surface area contributed by atoms with Gasteiger partial charge < -0.3 is 5.32 Å². The van der Waals surface area contributed by atoms with E-state index in [4.69, 9.17) is 0 Å². The first-order chi connectivity index (χ1) is 8.45. The molecule has 100 valence electrons. The summed E-state index contributed by atoms with van der Waals surface area (Å²) in [5, 5.41) is 3.71. The van der Waals surface area contributed by atoms with Crippen molar-refractivity contribution in [2.24, 2.45) is 0 Å². The molecule has 1 aromatic rings. The third-order valence-electron chi connectivity index (χ3n) is 3.49. The first-order valence-electron chi connectivity index (χ1n) is 6.67. The van der Waals surface area contributed by atoms with E-state index in [2.05, 4.69) is 57.3 Å². The van der Waals surface area contributed by atoms with E-state index < -0.39 is 10.8 Å². The number of fused-ring (bicyclic) bond motifs is 1. The highest BCUT2D eigenvalue weighted by molar-refractivity contribution is 7.87. The molecule has 3 atom stereocenters. The maximum atomic E-state index is 12.7. The van der Waals surface area contributed by atoms with Crippen LogP contribution in [-0.2, 0) is 17.2 Å². The summed E-state index contributed by atoms with van der Waals surface area (Å²) in [4.78, 5) is 0. The van der Waals surface area contributed by atoms with Gasteiger partial charge in [-0.15, -0.1) is 0 Å². The molecule has 3 unspecified atom stereocenters. The van der Waals surface area contributed by atoms with Crippen LogP contribution in [0.25, 0.3) is 0 Å². The summed E-state index contributed by atoms with van der Waals surface area (Å²) < 4.78 is 12.5. The van der Waals surface area contributed by atoms with Crippen LogP contribution >= 0.6 is 0 Å². The molecule has 3 heteroatoms. The Labute approximate surface area is 113 Å². The number of benzene rings is 1. The van der Waals surface area contributed by atoms with Gasteiger partial charge in [0.25, 0.3) is 0 Å². The van der Waals surface area contributed by atoms with Gasteiger partial charge in [-0.25, -0.2) is 0 Å². The van der Waals surface area contributed by atoms with Crippen molar-refractivity contribution in [1.82, 2.24) is 5.32 Å². The molecular formula is C15H23NOS. The molecule has 0 bridgehead atoms. The van der Waals surface area contributed by atoms with Crippen molar-refractivity contribution in [3.63, 3.8) is 0 Å². The maximum absolute atomic E-state index is 12.7. The van der Waals surface area contributed by atoms with Gasteiger partial charge in [-0.1, -0.05) is 31.2 Å². The Bertz CT molecular complexity index is 450. The van der Waals surface area contributed by atoms with Crippen LogP contribution in [0.15, 0.2) is 24.3 Å². The van der Waals surface area contributed by atoms with Gasteiger partial charge >= 0.3 is 0 Å². The zero-order valence-corrected chi connectivity index (χ0v) is 12.5. The lowest BCUT2D eigenvalue weighted by atomic mass is 10.1. The zero-order valence-electron chi connectivity index (χ0n) is 11.7. The monoisotopic (exact) mass is 265 g/mol. The molecule has 1 aliphatic rings. The molecule has 0 radical (unpaired) electrons. The summed E-state index contributed by atoms with van der Waals surface area (Å²) >= 11 is 0. The van der Waals surface area contributed by atoms with E-state index in [1.54, 1.807) is 0 Å². The highest BCUT2D eigenvalue weighted by atomic mass is 32.2. The molecule has 0 saturated carbocycles. The lowest BCUT2D eigenvalue weighted by Gasteiger charge is -2.27. The van der Waals surface area contributed by atoms with Crippen molar-refractivity contribution in [2.75, 3.05) is 6.54 Å². The normalized spacial score (nSPS) is 24.9. The Morgan fingerprint density at radius 3 is 2.61 bits per heavy atom. The lowest BCUT2D eigenvalue weighted by molar-refractivity contribution is 0.536. The van der Waals surface area contributed by atoms with E-state index in [-0.39, 0.29) is 16.0 Å². The first-order valence-corrected chi connectivity index (χ1v) is 7.88. The summed E-state index contributed by atoms with van der Waals surface area (Å²) in [5.74, 6) is 0. The third-order valence-corrected chi connectivity index (χ3v) is 5.68. The van der Waals surface area contributed by atoms with Crippen molar-refractivity contribution in [3.8, 4) is 0 Å². The van der Waals surface area contributed by atoms with E-state index in [0.717, 1.165) is 13.0 Å². The summed E-state index contributed by atoms with van der Waals surface area (Å²) in [7, 11) is -0.833. The standard InChI is InChI=1S/C15H23NOS/c1-5-16-14-12-9-7-6-8-11(12)10-13(14)18(17)15(2,3)4/h6-9,13-14,16H,5,10H2,1-4H3. The second kappa shape index (κ2) is 5.14. The smallest absolute Gasteiger partial charge is 0.0588 e. The fourth-order valence-corrected chi connectivity index (χ4v) is 4.40. The Hall–Kier alpha value is -0.670. The minimum Gasteiger partial charge on any atom is -0.309 e. The van der Waals surface area contributed by atoms with Gasteiger partial charge in [-0.2, -0.15) is 0 Å². The average molecular weight is 265 g/mol. The van der Waals surface area contributed by atoms with Crippen LogP contribution in [0, 0.1) is 0 Å². The Morgan fingerprint density at radius 2 is 2.00 bits per heavy atom. The van der Waals surface area contributed by atoms with Crippen molar-refractivity contribution >= 4 is 10.8 Å². The van der Waals surface area contributed by atoms with Gasteiger partial charge in [0.2, 0.25) is 0 Å². The number of hydrogen-bond acceptors (Lipinski definition) is 2. The Morgan fingerprint density at radius 1 is 1.33 bits per heavy atom. The van der Waals surface area contributed by atoms with Crippen molar-refractivity contribution in [1.29, 1.82) is 0 Å². The highest BCUT2D eigenvalue weighted by Crippen LogP contribution is 2.37. The summed E-state index contributed by atoms with van der Waals surface area (Å²) in [6.07, 6.45) is 0.928. The molecule has 1 aromatic carbocycles. The molecule has 0 fully saturated rings. The predicted octanol–water partition coefficient (Wildman–Crippen LogP) is 2.81. The largest absolute Gasteiger partial charge is 0.309 e. The minimum absolute atomic E-state index is 0.152. The molecule has 1 aliphatic carbocycles. The fourth-order valence-electron chi connectivity index (χ4n) is 2.67. The van der Waals surface area contributed by atoms with Gasteiger partial charge in [0.1, 0.15) is 0 Å². The Kier molecular flexibility index (Phi) is 3.93. The SMILES string of the molecule is CCNC1c2ccccc2CC1S(=O)C(C)(C)C. The van der Waals surface area contributed by atoms with E-state index in [1.807, 2.05) is 0 Å². The van der Waals surface area contributed by atoms with Gasteiger partial charge in [-0.3, -0.25) is 4.21 Å². The number of rotatable bonds is 3. The molecule has 2 rings (SSSR count). The molecule has 2 nitrogen and oxygen atoms in total. The lowest BCUT2D eigenvalue weighted by Crippen LogP contribution is -2.38. The van der Waals surface area contributed by atoms with Crippen molar-refractivity contribution < 1.29 is 4.21 Å². The molecule has 1 N–H and O–H groups in total. The van der Waals surface area contributed by atoms with E-state index in [9.17, 15) is 4.21 Å². The summed E-state index contributed by atoms with van der Waals surface area (Å²) in [5.41, 5.74) is 2.69. The van der Waals surface area contributed by atoms with Crippen LogP contribution in [0.4, 0.5) is 0 Å². The predicted molar refractivity (Wildman–Crippen MR) is 78.2 cm³/mol. The van der Waals surface area contributed by atoms with Gasteiger partial charge in [0.05, 0.1) is 5.25 Å². The van der Waals surface area contributed by atoms with E-state index in [1.165, 1.54) is 11.1 Å². The van der Waals surface area contributed by atoms with E-state index in [0.29, 0.717) is 0 Å². The van der Waals surface area contributed by atoms with Crippen LogP contribution < -0.4 is 5.32 Å². The molecular weight excluding hydrogens is 242 g/mol. The van der Waals surface area contributed by atoms with E-state index >= 15 is 0 Å². The van der Waals surface area contributed by atoms with Crippen LogP contribution in [0.5, 0.6) is 0 Å². The summed E-state index contributed by atoms with van der Waals surface area (Å²) in [6.45, 7) is 9.22. The zero-order chi connectivity index (χ0) is 13.3. The first kappa shape index (κ1) is 13.8. The molecule has 0 heterocycles. The van der Waals surface area contributed by atoms with Crippen LogP contribution in [0.2, 0.25) is 0 Å². The fraction of sp³-hybridized carbons (Fsp3) is 0.600. The molecule has 0 spiro atoms. The topological polar surface area (TPSA) is 29.1 Å². The molecule has 0 amide bonds. The second-order valence-electron chi connectivity index (χ2n) is 5.89. The van der Waals surface area contributed by atoms with Gasteiger partial charge in [0, 0.05) is 21.6 Å². The van der Waals surface area contributed by atoms with Gasteiger partial charge in [-0.05, 0) is 44.9 Å². The van der Waals surface area contributed by atoms with Gasteiger partial charge in [0.15, 0.2) is 0 Å². The second-order valence-corrected chi connectivity index (χ2v) is 8.31. The molecule has 0 saturated heterocycles. The number of nitrogens with one attached hydrogen (secondary N) is 1. The molecule has 0 aliphatic heterocycles. The highest BCUT2D eigenvalue weighted by Gasteiger charge is 2.39. The maximum Gasteiger partial charge on any atom is 0.0588 e. The minimum atomic E-state index is -0.833. The quantitative estimate of drug-likeness (QED) is 0.910. The number of hydrogen-bond donors (Lipinski definition) is 1. The van der Waals surface area contributed by atoms with Crippen LogP contribution in [-0.4, -0.2) is 20.8 Å². The Balaban J connectivity index is 2.32. The van der Waals surface area contributed by atoms with Crippen molar-refractivity contribution in [3.05, 3.63) is 35.4 Å². The average Bonchev–Trinajstić information content (AvgIpc) is 2.67. The van der Waals surface area contributed by atoms with Crippen molar-refractivity contribution in [2.45, 2.75) is 50.2 Å². The molecule has 0 aromatic heterocycles. The summed E-state index contributed by atoms with van der Waals surface area (Å²) in [6, 6.07) is 8.73. The van der Waals surface area contributed by atoms with Crippen LogP contribution in [0.1, 0.15) is 44.9 Å². The van der Waals surface area contributed by atoms with Crippen LogP contribution in [0.3, 0.4) is 0 Å². The molecule has 18 heavy (non-hydrogen) atoms.